The standard InChI is InChI=1S/C4H6O4/c5-3-4(6,7)1-2-8-3/h1-3,5-7H. The topological polar surface area (TPSA) is 69.9 Å². The average Bonchev–Trinajstić information content (AvgIpc) is 1.86. The zero-order chi connectivity index (χ0) is 6.20. The molecule has 0 aromatic carbocycles. The lowest BCUT2D eigenvalue weighted by Gasteiger charge is -2.15. The van der Waals surface area contributed by atoms with Crippen molar-refractivity contribution in [1.82, 2.24) is 0 Å². The van der Waals surface area contributed by atoms with E-state index in [0.717, 1.165) is 12.3 Å². The Morgan fingerprint density at radius 3 is 2.25 bits per heavy atom. The maximum Gasteiger partial charge on any atom is 0.255 e. The molecule has 0 saturated carbocycles. The molecular formula is C4H6O4. The van der Waals surface area contributed by atoms with Crippen molar-refractivity contribution in [3.8, 4) is 0 Å². The van der Waals surface area contributed by atoms with E-state index >= 15 is 0 Å². The summed E-state index contributed by atoms with van der Waals surface area (Å²) in [4.78, 5) is 0. The van der Waals surface area contributed by atoms with Crippen LogP contribution in [0.25, 0.3) is 0 Å². The molecule has 1 rings (SSSR count). The monoisotopic (exact) mass is 118 g/mol. The summed E-state index contributed by atoms with van der Waals surface area (Å²) in [6.07, 6.45) is 0.449. The molecular weight excluding hydrogens is 112 g/mol. The Morgan fingerprint density at radius 2 is 2.12 bits per heavy atom. The van der Waals surface area contributed by atoms with Gasteiger partial charge in [-0.3, -0.25) is 0 Å². The van der Waals surface area contributed by atoms with Gasteiger partial charge in [-0.05, 0) is 0 Å². The summed E-state index contributed by atoms with van der Waals surface area (Å²) in [5, 5.41) is 25.6. The number of aliphatic hydroxyl groups excluding tert-OH is 1. The van der Waals surface area contributed by atoms with Gasteiger partial charge in [0.25, 0.3) is 12.1 Å². The number of rotatable bonds is 0. The second-order valence-electron chi connectivity index (χ2n) is 1.57. The van der Waals surface area contributed by atoms with Crippen LogP contribution >= 0.6 is 0 Å². The van der Waals surface area contributed by atoms with Gasteiger partial charge in [-0.25, -0.2) is 0 Å². The smallest absolute Gasteiger partial charge is 0.255 e. The van der Waals surface area contributed by atoms with Gasteiger partial charge >= 0.3 is 0 Å². The second-order valence-corrected chi connectivity index (χ2v) is 1.57. The zero-order valence-corrected chi connectivity index (χ0v) is 3.98. The van der Waals surface area contributed by atoms with Crippen LogP contribution in [0.2, 0.25) is 0 Å². The van der Waals surface area contributed by atoms with Crippen molar-refractivity contribution in [1.29, 1.82) is 0 Å². The molecule has 1 aliphatic rings. The molecule has 0 amide bonds. The van der Waals surface area contributed by atoms with Gasteiger partial charge in [0.2, 0.25) is 0 Å². The van der Waals surface area contributed by atoms with Crippen LogP contribution in [0.5, 0.6) is 0 Å². The van der Waals surface area contributed by atoms with Gasteiger partial charge in [-0.1, -0.05) is 0 Å². The molecule has 0 aromatic rings. The molecule has 1 atom stereocenters. The summed E-state index contributed by atoms with van der Waals surface area (Å²) < 4.78 is 4.24. The molecule has 3 N–H and O–H groups in total. The lowest BCUT2D eigenvalue weighted by Crippen LogP contribution is -2.37. The third-order valence-corrected chi connectivity index (χ3v) is 0.884. The Morgan fingerprint density at radius 1 is 1.50 bits per heavy atom. The minimum atomic E-state index is -2.19. The van der Waals surface area contributed by atoms with Crippen LogP contribution in [0.4, 0.5) is 0 Å². The van der Waals surface area contributed by atoms with Gasteiger partial charge in [0.1, 0.15) is 0 Å². The predicted octanol–water partition coefficient (Wildman–Crippen LogP) is -1.47. The summed E-state index contributed by atoms with van der Waals surface area (Å²) in [6, 6.07) is 0. The van der Waals surface area contributed by atoms with E-state index in [4.69, 9.17) is 15.3 Å². The molecule has 0 saturated heterocycles. The maximum atomic E-state index is 8.56. The highest BCUT2D eigenvalue weighted by Crippen LogP contribution is 2.16. The second kappa shape index (κ2) is 1.45. The van der Waals surface area contributed by atoms with Crippen molar-refractivity contribution in [2.24, 2.45) is 0 Å². The highest BCUT2D eigenvalue weighted by molar-refractivity contribution is 4.97. The summed E-state index contributed by atoms with van der Waals surface area (Å²) >= 11 is 0. The van der Waals surface area contributed by atoms with Crippen molar-refractivity contribution >= 4 is 0 Å². The fourth-order valence-corrected chi connectivity index (χ4v) is 0.396. The van der Waals surface area contributed by atoms with Crippen LogP contribution in [0.3, 0.4) is 0 Å². The lowest BCUT2D eigenvalue weighted by molar-refractivity contribution is -0.244. The molecule has 0 spiro atoms. The third-order valence-electron chi connectivity index (χ3n) is 0.884. The molecule has 1 aliphatic heterocycles. The molecule has 4 nitrogen and oxygen atoms in total. The van der Waals surface area contributed by atoms with Crippen LogP contribution in [0, 0.1) is 0 Å². The van der Waals surface area contributed by atoms with Gasteiger partial charge in [-0.15, -0.1) is 0 Å². The summed E-state index contributed by atoms with van der Waals surface area (Å²) in [6.45, 7) is 0. The SMILES string of the molecule is OC1OC=CC1(O)O. The van der Waals surface area contributed by atoms with E-state index in [1.54, 1.807) is 0 Å². The molecule has 1 heterocycles. The number of hydrogen-bond donors (Lipinski definition) is 3. The van der Waals surface area contributed by atoms with E-state index in [1.807, 2.05) is 0 Å². The van der Waals surface area contributed by atoms with Gasteiger partial charge in [0, 0.05) is 6.08 Å². The first-order valence-electron chi connectivity index (χ1n) is 2.09. The van der Waals surface area contributed by atoms with Gasteiger partial charge in [0.05, 0.1) is 6.26 Å². The van der Waals surface area contributed by atoms with Crippen molar-refractivity contribution in [3.05, 3.63) is 12.3 Å². The van der Waals surface area contributed by atoms with Crippen LogP contribution < -0.4 is 0 Å². The van der Waals surface area contributed by atoms with E-state index in [2.05, 4.69) is 4.74 Å². The van der Waals surface area contributed by atoms with E-state index < -0.39 is 12.1 Å². The summed E-state index contributed by atoms with van der Waals surface area (Å²) in [5.41, 5.74) is 0. The van der Waals surface area contributed by atoms with E-state index in [1.165, 1.54) is 0 Å². The van der Waals surface area contributed by atoms with Gasteiger partial charge < -0.3 is 20.1 Å². The molecule has 0 radical (unpaired) electrons. The molecule has 4 heteroatoms. The first-order chi connectivity index (χ1) is 3.63. The Hall–Kier alpha value is -0.580. The van der Waals surface area contributed by atoms with Gasteiger partial charge in [-0.2, -0.15) is 0 Å². The average molecular weight is 118 g/mol. The van der Waals surface area contributed by atoms with Crippen molar-refractivity contribution in [3.63, 3.8) is 0 Å². The molecule has 1 unspecified atom stereocenters. The highest BCUT2D eigenvalue weighted by atomic mass is 16.7. The van der Waals surface area contributed by atoms with E-state index in [-0.39, 0.29) is 0 Å². The number of ether oxygens (including phenoxy) is 1. The largest absolute Gasteiger partial charge is 0.467 e. The summed E-state index contributed by atoms with van der Waals surface area (Å²) in [5.74, 6) is -2.19. The number of aliphatic hydroxyl groups is 3. The van der Waals surface area contributed by atoms with Crippen LogP contribution in [0.15, 0.2) is 12.3 Å². The van der Waals surface area contributed by atoms with E-state index in [0.29, 0.717) is 0 Å². The quantitative estimate of drug-likeness (QED) is 0.339. The van der Waals surface area contributed by atoms with Crippen LogP contribution in [-0.2, 0) is 4.74 Å². The van der Waals surface area contributed by atoms with Crippen LogP contribution in [-0.4, -0.2) is 27.4 Å². The Labute approximate surface area is 45.6 Å². The van der Waals surface area contributed by atoms with Crippen molar-refractivity contribution in [2.45, 2.75) is 12.1 Å². The van der Waals surface area contributed by atoms with E-state index in [9.17, 15) is 0 Å². The van der Waals surface area contributed by atoms with Crippen molar-refractivity contribution < 1.29 is 20.1 Å². The van der Waals surface area contributed by atoms with Gasteiger partial charge in [0.15, 0.2) is 0 Å². The highest BCUT2D eigenvalue weighted by Gasteiger charge is 2.35. The minimum Gasteiger partial charge on any atom is -0.467 e. The molecule has 8 heavy (non-hydrogen) atoms. The number of hydrogen-bond acceptors (Lipinski definition) is 4. The lowest BCUT2D eigenvalue weighted by atomic mass is 10.3. The Kier molecular flexibility index (Phi) is 1.00. The molecule has 0 aromatic heterocycles. The maximum absolute atomic E-state index is 8.56. The Bertz CT molecular complexity index is 117. The molecule has 46 valence electrons. The molecule has 0 fully saturated rings. The first kappa shape index (κ1) is 5.55. The Balaban J connectivity index is 2.67. The molecule has 0 aliphatic carbocycles. The third kappa shape index (κ3) is 0.686. The first-order valence-corrected chi connectivity index (χ1v) is 2.09. The normalized spacial score (nSPS) is 32.6. The molecule has 0 bridgehead atoms. The van der Waals surface area contributed by atoms with Crippen molar-refractivity contribution in [2.75, 3.05) is 0 Å². The fourth-order valence-electron chi connectivity index (χ4n) is 0.396. The predicted molar refractivity (Wildman–Crippen MR) is 23.4 cm³/mol. The van der Waals surface area contributed by atoms with Crippen LogP contribution in [0.1, 0.15) is 0 Å². The minimum absolute atomic E-state index is 0.956. The fraction of sp³-hybridized carbons (Fsp3) is 0.500. The zero-order valence-electron chi connectivity index (χ0n) is 3.98. The summed E-state index contributed by atoms with van der Waals surface area (Å²) in [7, 11) is 0.